The van der Waals surface area contributed by atoms with Crippen LogP contribution in [0.3, 0.4) is 0 Å². The van der Waals surface area contributed by atoms with Gasteiger partial charge in [0.1, 0.15) is 18.3 Å². The zero-order chi connectivity index (χ0) is 56.3. The lowest BCUT2D eigenvalue weighted by atomic mass is 9.90. The van der Waals surface area contributed by atoms with Gasteiger partial charge < -0.3 is 33.2 Å². The summed E-state index contributed by atoms with van der Waals surface area (Å²) in [5.41, 5.74) is 2.79. The largest absolute Gasteiger partial charge is 0.457 e. The van der Waals surface area contributed by atoms with Crippen molar-refractivity contribution in [2.24, 2.45) is 11.8 Å². The Bertz CT molecular complexity index is 1990. The molecule has 1 heterocycles. The van der Waals surface area contributed by atoms with Gasteiger partial charge in [0, 0.05) is 18.9 Å². The van der Waals surface area contributed by atoms with Crippen LogP contribution in [0, 0.1) is 11.8 Å². The molecule has 0 bridgehead atoms. The number of esters is 1. The van der Waals surface area contributed by atoms with Crippen molar-refractivity contribution in [1.82, 2.24) is 0 Å². The summed E-state index contributed by atoms with van der Waals surface area (Å²) in [7, 11) is -4.13. The van der Waals surface area contributed by atoms with Gasteiger partial charge in [-0.2, -0.15) is 8.42 Å². The van der Waals surface area contributed by atoms with Gasteiger partial charge >= 0.3 is 5.97 Å². The molecule has 0 spiro atoms. The van der Waals surface area contributed by atoms with Crippen LogP contribution in [0.15, 0.2) is 91.0 Å². The molecule has 3 aromatic rings. The number of ether oxygens (including phenoxy) is 7. The Morgan fingerprint density at radius 1 is 0.494 bits per heavy atom. The van der Waals surface area contributed by atoms with Gasteiger partial charge in [0.15, 0.2) is 6.29 Å². The fourth-order valence-corrected chi connectivity index (χ4v) is 11.7. The minimum Gasteiger partial charge on any atom is -0.457 e. The third-order valence-electron chi connectivity index (χ3n) is 14.9. The second kappa shape index (κ2) is 44.4. The fourth-order valence-electron chi connectivity index (χ4n) is 10.3. The molecule has 0 N–H and O–H groups in total. The lowest BCUT2D eigenvalue weighted by molar-refractivity contribution is -0.311. The molecular formula is C67H108O11S. The zero-order valence-corrected chi connectivity index (χ0v) is 50.6. The van der Waals surface area contributed by atoms with Gasteiger partial charge in [-0.1, -0.05) is 279 Å². The fraction of sp³-hybridized carbons (Fsp3) is 0.716. The van der Waals surface area contributed by atoms with Crippen LogP contribution in [0.4, 0.5) is 0 Å². The lowest BCUT2D eigenvalue weighted by Crippen LogP contribution is -2.60. The Balaban J connectivity index is 1.47. The Kier molecular flexibility index (Phi) is 38.4. The number of hydrogen-bond donors (Lipinski definition) is 0. The van der Waals surface area contributed by atoms with Crippen molar-refractivity contribution in [3.63, 3.8) is 0 Å². The van der Waals surface area contributed by atoms with E-state index in [0.29, 0.717) is 19.6 Å². The molecule has 0 aromatic heterocycles. The number of hydrogen-bond acceptors (Lipinski definition) is 11. The number of unbranched alkanes of at least 4 members (excludes halogenated alkanes) is 25. The minimum absolute atomic E-state index is 0.0179. The minimum atomic E-state index is -4.13. The van der Waals surface area contributed by atoms with Crippen LogP contribution >= 0.6 is 0 Å². The topological polar surface area (TPSA) is 125 Å². The third-order valence-corrected chi connectivity index (χ3v) is 16.2. The van der Waals surface area contributed by atoms with Crippen molar-refractivity contribution in [3.05, 3.63) is 108 Å². The van der Waals surface area contributed by atoms with Crippen molar-refractivity contribution < 1.29 is 50.6 Å². The summed E-state index contributed by atoms with van der Waals surface area (Å²) in [6, 6.07) is 29.4. The van der Waals surface area contributed by atoms with Crippen LogP contribution < -0.4 is 0 Å². The number of carbonyl (C=O) groups excluding carboxylic acids is 1. The summed E-state index contributed by atoms with van der Waals surface area (Å²) in [6.07, 6.45) is 29.7. The van der Waals surface area contributed by atoms with E-state index in [1.807, 2.05) is 105 Å². The average molecular weight is 1120 g/mol. The summed E-state index contributed by atoms with van der Waals surface area (Å²) >= 11 is 0. The molecule has 79 heavy (non-hydrogen) atoms. The second-order valence-electron chi connectivity index (χ2n) is 22.7. The maximum Gasteiger partial charge on any atom is 0.306 e. The molecule has 0 radical (unpaired) electrons. The summed E-state index contributed by atoms with van der Waals surface area (Å²) < 4.78 is 79.8. The van der Waals surface area contributed by atoms with E-state index in [0.717, 1.165) is 48.8 Å². The highest BCUT2D eigenvalue weighted by atomic mass is 32.2. The summed E-state index contributed by atoms with van der Waals surface area (Å²) in [5, 5.41) is 0. The van der Waals surface area contributed by atoms with Crippen LogP contribution in [0.1, 0.15) is 224 Å². The number of benzene rings is 3. The second-order valence-corrected chi connectivity index (χ2v) is 24.4. The standard InChI is InChI=1S/C67H108O11S/c1-5-7-9-11-13-15-17-19-21-23-25-27-29-40-48-71-53-61(77-64(68)47-39-28-26-24-22-20-18-16-14-12-10-8-6-2)54-75-67-66(74-52-60-45-37-32-38-46-60)62(56-79(69,70)76-49-57(3)4)65(73-51-59-43-35-31-36-44-59)63(78-67)55-72-50-58-41-33-30-34-42-58/h30-38,41-46,57,61-63,65-67H,5-29,39-40,47-56H2,1-4H3/t61-,62+,63-,65-,66-,67-/m1/s1. The molecule has 1 saturated heterocycles. The van der Waals surface area contributed by atoms with Crippen LogP contribution in [0.5, 0.6) is 0 Å². The Labute approximate surface area is 480 Å². The molecule has 11 nitrogen and oxygen atoms in total. The van der Waals surface area contributed by atoms with Crippen molar-refractivity contribution >= 4 is 16.1 Å². The van der Waals surface area contributed by atoms with Gasteiger partial charge in [-0.25, -0.2) is 0 Å². The van der Waals surface area contributed by atoms with E-state index in [4.69, 9.17) is 37.3 Å². The highest BCUT2D eigenvalue weighted by Crippen LogP contribution is 2.35. The Morgan fingerprint density at radius 3 is 1.39 bits per heavy atom. The molecule has 6 atom stereocenters. The monoisotopic (exact) mass is 1120 g/mol. The van der Waals surface area contributed by atoms with Crippen molar-refractivity contribution in [3.8, 4) is 0 Å². The molecular weight excluding hydrogens is 1010 g/mol. The first-order chi connectivity index (χ1) is 38.7. The molecule has 0 unspecified atom stereocenters. The van der Waals surface area contributed by atoms with E-state index >= 15 is 0 Å². The predicted molar refractivity (Wildman–Crippen MR) is 320 cm³/mol. The molecule has 4 rings (SSSR count). The Morgan fingerprint density at radius 2 is 0.924 bits per heavy atom. The summed E-state index contributed by atoms with van der Waals surface area (Å²) in [6.45, 7) is 9.76. The van der Waals surface area contributed by atoms with Gasteiger partial charge in [0.05, 0.1) is 58.1 Å². The van der Waals surface area contributed by atoms with Gasteiger partial charge in [-0.15, -0.1) is 0 Å². The smallest absolute Gasteiger partial charge is 0.306 e. The lowest BCUT2D eigenvalue weighted by Gasteiger charge is -2.46. The van der Waals surface area contributed by atoms with E-state index in [1.165, 1.54) is 141 Å². The van der Waals surface area contributed by atoms with Gasteiger partial charge in [-0.05, 0) is 35.4 Å². The first kappa shape index (κ1) is 68.3. The normalized spacial score (nSPS) is 18.1. The van der Waals surface area contributed by atoms with Crippen molar-refractivity contribution in [2.75, 3.05) is 38.8 Å². The van der Waals surface area contributed by atoms with Gasteiger partial charge in [0.2, 0.25) is 0 Å². The van der Waals surface area contributed by atoms with Crippen LogP contribution in [-0.2, 0) is 72.1 Å². The molecule has 0 amide bonds. The summed E-state index contributed by atoms with van der Waals surface area (Å²) in [4.78, 5) is 13.6. The molecule has 1 aliphatic rings. The molecule has 1 aliphatic heterocycles. The van der Waals surface area contributed by atoms with Crippen LogP contribution in [-0.4, -0.2) is 83.9 Å². The third kappa shape index (κ3) is 32.9. The quantitative estimate of drug-likeness (QED) is 0.0305. The van der Waals surface area contributed by atoms with Crippen LogP contribution in [0.25, 0.3) is 0 Å². The molecule has 0 aliphatic carbocycles. The maximum atomic E-state index is 14.1. The SMILES string of the molecule is CCCCCCCCCCCCCCCCOC[C@H](CO[C@@H]1O[C@H](COCc2ccccc2)[C@H](OCc2ccccc2)[C@H](CS(=O)(=O)OCC(C)C)[C@H]1OCc1ccccc1)OC(=O)CCCCCCCCCCCCCCC. The number of rotatable bonds is 50. The average Bonchev–Trinajstić information content (AvgIpc) is 3.48. The van der Waals surface area contributed by atoms with E-state index in [-0.39, 0.29) is 51.5 Å². The highest BCUT2D eigenvalue weighted by Gasteiger charge is 2.50. The predicted octanol–water partition coefficient (Wildman–Crippen LogP) is 16.6. The van der Waals surface area contributed by atoms with Gasteiger partial charge in [0.25, 0.3) is 10.1 Å². The zero-order valence-electron chi connectivity index (χ0n) is 49.8. The maximum absolute atomic E-state index is 14.1. The van der Waals surface area contributed by atoms with Gasteiger partial charge in [-0.3, -0.25) is 8.98 Å². The van der Waals surface area contributed by atoms with Crippen molar-refractivity contribution in [1.29, 1.82) is 0 Å². The van der Waals surface area contributed by atoms with E-state index in [9.17, 15) is 13.2 Å². The Hall–Kier alpha value is -3.20. The molecule has 0 saturated carbocycles. The molecule has 1 fully saturated rings. The summed E-state index contributed by atoms with van der Waals surface area (Å²) in [5.74, 6) is -1.56. The van der Waals surface area contributed by atoms with E-state index in [2.05, 4.69) is 13.8 Å². The first-order valence-electron chi connectivity index (χ1n) is 31.5. The van der Waals surface area contributed by atoms with E-state index in [1.54, 1.807) is 0 Å². The van der Waals surface area contributed by atoms with Crippen molar-refractivity contribution in [2.45, 2.75) is 258 Å². The molecule has 3 aromatic carbocycles. The van der Waals surface area contributed by atoms with E-state index < -0.39 is 52.5 Å². The highest BCUT2D eigenvalue weighted by molar-refractivity contribution is 7.86. The number of carbonyl (C=O) groups is 1. The molecule has 448 valence electrons. The first-order valence-corrected chi connectivity index (χ1v) is 33.1. The van der Waals surface area contributed by atoms with Crippen LogP contribution in [0.2, 0.25) is 0 Å². The molecule has 12 heteroatoms.